The van der Waals surface area contributed by atoms with E-state index in [1.807, 2.05) is 0 Å². The first-order chi connectivity index (χ1) is 13.4. The lowest BCUT2D eigenvalue weighted by Gasteiger charge is -2.10. The van der Waals surface area contributed by atoms with Gasteiger partial charge in [-0.2, -0.15) is 5.10 Å². The highest BCUT2D eigenvalue weighted by Gasteiger charge is 2.19. The number of para-hydroxylation sites is 1. The van der Waals surface area contributed by atoms with Gasteiger partial charge in [-0.05, 0) is 41.3 Å². The Hall–Kier alpha value is -2.39. The molecule has 144 valence electrons. The summed E-state index contributed by atoms with van der Waals surface area (Å²) in [4.78, 5) is 12.4. The number of anilines is 1. The van der Waals surface area contributed by atoms with Crippen LogP contribution in [-0.2, 0) is 10.0 Å². The molecule has 0 aliphatic carbocycles. The predicted molar refractivity (Wildman–Crippen MR) is 113 cm³/mol. The summed E-state index contributed by atoms with van der Waals surface area (Å²) in [6, 6.07) is 14.3. The maximum atomic E-state index is 12.4. The molecule has 1 heterocycles. The lowest BCUT2D eigenvalue weighted by Crippen LogP contribution is -2.21. The summed E-state index contributed by atoms with van der Waals surface area (Å²) >= 11 is 12.9. The molecular weight excluding hydrogens is 441 g/mol. The van der Waals surface area contributed by atoms with Crippen molar-refractivity contribution in [3.8, 4) is 0 Å². The third kappa shape index (κ3) is 4.90. The summed E-state index contributed by atoms with van der Waals surface area (Å²) in [5.74, 6) is -0.569. The van der Waals surface area contributed by atoms with Gasteiger partial charge in [0, 0.05) is 0 Å². The fraction of sp³-hybridized carbons (Fsp3) is 0. The molecule has 0 unspecified atom stereocenters. The van der Waals surface area contributed by atoms with Crippen LogP contribution in [0.15, 0.2) is 69.3 Å². The predicted octanol–water partition coefficient (Wildman–Crippen LogP) is 4.62. The Morgan fingerprint density at radius 2 is 1.82 bits per heavy atom. The zero-order chi connectivity index (χ0) is 20.1. The van der Waals surface area contributed by atoms with Crippen LogP contribution in [0, 0.1) is 0 Å². The molecule has 6 nitrogen and oxygen atoms in total. The van der Waals surface area contributed by atoms with E-state index in [1.165, 1.54) is 24.4 Å². The number of nitrogens with one attached hydrogen (secondary N) is 2. The van der Waals surface area contributed by atoms with E-state index in [1.54, 1.807) is 41.8 Å². The summed E-state index contributed by atoms with van der Waals surface area (Å²) < 4.78 is 27.4. The van der Waals surface area contributed by atoms with E-state index >= 15 is 0 Å². The van der Waals surface area contributed by atoms with Gasteiger partial charge >= 0.3 is 0 Å². The number of carbonyl (C=O) groups excluding carboxylic acids is 1. The van der Waals surface area contributed by atoms with E-state index in [0.29, 0.717) is 15.6 Å². The van der Waals surface area contributed by atoms with E-state index in [9.17, 15) is 13.2 Å². The van der Waals surface area contributed by atoms with Gasteiger partial charge in [0.2, 0.25) is 0 Å². The van der Waals surface area contributed by atoms with Gasteiger partial charge in [0.1, 0.15) is 4.21 Å². The molecule has 10 heteroatoms. The van der Waals surface area contributed by atoms with Gasteiger partial charge in [0.05, 0.1) is 27.5 Å². The topological polar surface area (TPSA) is 87.6 Å². The molecule has 0 saturated heterocycles. The average Bonchev–Trinajstić information content (AvgIpc) is 3.20. The Labute approximate surface area is 175 Å². The fourth-order valence-electron chi connectivity index (χ4n) is 2.20. The Bertz CT molecular complexity index is 1130. The van der Waals surface area contributed by atoms with Crippen LogP contribution in [0.1, 0.15) is 15.9 Å². The maximum Gasteiger partial charge on any atom is 0.273 e. The molecule has 0 aliphatic heterocycles. The van der Waals surface area contributed by atoms with Crippen molar-refractivity contribution in [2.45, 2.75) is 4.21 Å². The van der Waals surface area contributed by atoms with Gasteiger partial charge in [-0.25, -0.2) is 13.8 Å². The monoisotopic (exact) mass is 453 g/mol. The average molecular weight is 454 g/mol. The van der Waals surface area contributed by atoms with Crippen molar-refractivity contribution in [3.05, 3.63) is 81.1 Å². The first kappa shape index (κ1) is 20.3. The largest absolute Gasteiger partial charge is 0.278 e. The normalized spacial score (nSPS) is 11.5. The van der Waals surface area contributed by atoms with Crippen LogP contribution in [0.2, 0.25) is 10.0 Å². The van der Waals surface area contributed by atoms with Crippen molar-refractivity contribution in [1.82, 2.24) is 5.43 Å². The number of hydrogen-bond donors (Lipinski definition) is 2. The van der Waals surface area contributed by atoms with Crippen molar-refractivity contribution >= 4 is 62.4 Å². The van der Waals surface area contributed by atoms with E-state index in [0.717, 1.165) is 11.3 Å². The molecule has 0 aliphatic rings. The van der Waals surface area contributed by atoms with Gasteiger partial charge in [-0.3, -0.25) is 9.52 Å². The molecule has 0 fully saturated rings. The van der Waals surface area contributed by atoms with Gasteiger partial charge in [-0.15, -0.1) is 11.3 Å². The molecule has 28 heavy (non-hydrogen) atoms. The zero-order valence-electron chi connectivity index (χ0n) is 14.1. The molecule has 3 aromatic rings. The van der Waals surface area contributed by atoms with Gasteiger partial charge < -0.3 is 0 Å². The second-order valence-corrected chi connectivity index (χ2v) is 9.13. The van der Waals surface area contributed by atoms with Crippen LogP contribution in [-0.4, -0.2) is 20.5 Å². The third-order valence-corrected chi connectivity index (χ3v) is 7.00. The Balaban J connectivity index is 1.75. The van der Waals surface area contributed by atoms with Crippen molar-refractivity contribution in [3.63, 3.8) is 0 Å². The molecule has 3 rings (SSSR count). The number of carbonyl (C=O) groups is 1. The number of rotatable bonds is 6. The summed E-state index contributed by atoms with van der Waals surface area (Å²) in [5, 5.41) is 6.31. The zero-order valence-corrected chi connectivity index (χ0v) is 17.2. The number of nitrogens with zero attached hydrogens (tertiary/aromatic N) is 1. The first-order valence-electron chi connectivity index (χ1n) is 7.80. The van der Waals surface area contributed by atoms with E-state index in [-0.39, 0.29) is 15.5 Å². The minimum Gasteiger partial charge on any atom is -0.278 e. The second kappa shape index (κ2) is 8.74. The molecule has 2 aromatic carbocycles. The summed E-state index contributed by atoms with van der Waals surface area (Å²) in [7, 11) is -3.78. The van der Waals surface area contributed by atoms with Crippen LogP contribution in [0.4, 0.5) is 5.69 Å². The highest BCUT2D eigenvalue weighted by Crippen LogP contribution is 2.23. The van der Waals surface area contributed by atoms with Gasteiger partial charge in [0.15, 0.2) is 0 Å². The maximum absolute atomic E-state index is 12.4. The van der Waals surface area contributed by atoms with Crippen molar-refractivity contribution in [2.75, 3.05) is 4.72 Å². The molecule has 0 spiro atoms. The number of hydrazone groups is 1. The van der Waals surface area contributed by atoms with Crippen molar-refractivity contribution in [2.24, 2.45) is 5.10 Å². The van der Waals surface area contributed by atoms with Gasteiger partial charge in [-0.1, -0.05) is 47.5 Å². The molecule has 0 radical (unpaired) electrons. The number of halogens is 2. The molecule has 0 saturated carbocycles. The van der Waals surface area contributed by atoms with E-state index < -0.39 is 15.9 Å². The Morgan fingerprint density at radius 1 is 1.04 bits per heavy atom. The van der Waals surface area contributed by atoms with Crippen molar-refractivity contribution < 1.29 is 13.2 Å². The molecule has 1 amide bonds. The molecule has 0 atom stereocenters. The number of thiophene rings is 1. The number of amides is 1. The van der Waals surface area contributed by atoms with Crippen LogP contribution >= 0.6 is 34.5 Å². The number of benzene rings is 2. The highest BCUT2D eigenvalue weighted by atomic mass is 35.5. The summed E-state index contributed by atoms with van der Waals surface area (Å²) in [6.07, 6.45) is 1.40. The second-order valence-electron chi connectivity index (χ2n) is 5.46. The molecular formula is C18H13Cl2N3O3S2. The molecule has 0 bridgehead atoms. The molecule has 2 N–H and O–H groups in total. The highest BCUT2D eigenvalue weighted by molar-refractivity contribution is 7.94. The van der Waals surface area contributed by atoms with Crippen LogP contribution < -0.4 is 10.1 Å². The summed E-state index contributed by atoms with van der Waals surface area (Å²) in [5.41, 5.74) is 3.29. The smallest absolute Gasteiger partial charge is 0.273 e. The van der Waals surface area contributed by atoms with Crippen LogP contribution in [0.25, 0.3) is 0 Å². The minimum absolute atomic E-state index is 0.133. The molecule has 1 aromatic heterocycles. The van der Waals surface area contributed by atoms with E-state index in [4.69, 9.17) is 23.2 Å². The number of hydrogen-bond acceptors (Lipinski definition) is 5. The lowest BCUT2D eigenvalue weighted by molar-refractivity contribution is 0.0956. The van der Waals surface area contributed by atoms with Crippen LogP contribution in [0.5, 0.6) is 0 Å². The lowest BCUT2D eigenvalue weighted by atomic mass is 10.2. The Kier molecular flexibility index (Phi) is 6.35. The number of sulfonamides is 1. The van der Waals surface area contributed by atoms with Gasteiger partial charge in [0.25, 0.3) is 15.9 Å². The first-order valence-corrected chi connectivity index (χ1v) is 10.9. The standard InChI is InChI=1S/C18H13Cl2N3O3S2/c19-14-8-7-12(10-15(14)20)11-21-22-18(24)13-4-1-2-5-16(13)23-28(25,26)17-6-3-9-27-17/h1-11,23H,(H,22,24). The third-order valence-electron chi connectivity index (χ3n) is 3.50. The minimum atomic E-state index is -3.78. The van der Waals surface area contributed by atoms with E-state index in [2.05, 4.69) is 15.2 Å². The van der Waals surface area contributed by atoms with Crippen LogP contribution in [0.3, 0.4) is 0 Å². The SMILES string of the molecule is O=C(NN=Cc1ccc(Cl)c(Cl)c1)c1ccccc1NS(=O)(=O)c1cccs1. The summed E-state index contributed by atoms with van der Waals surface area (Å²) in [6.45, 7) is 0. The fourth-order valence-corrected chi connectivity index (χ4v) is 4.58. The van der Waals surface area contributed by atoms with Crippen molar-refractivity contribution in [1.29, 1.82) is 0 Å². The Morgan fingerprint density at radius 3 is 2.54 bits per heavy atom. The quantitative estimate of drug-likeness (QED) is 0.421.